The van der Waals surface area contributed by atoms with Gasteiger partial charge < -0.3 is 14.8 Å². The van der Waals surface area contributed by atoms with Crippen molar-refractivity contribution in [1.82, 2.24) is 5.32 Å². The lowest BCUT2D eigenvalue weighted by atomic mass is 9.68. The molecule has 1 aromatic carbocycles. The summed E-state index contributed by atoms with van der Waals surface area (Å²) in [5.41, 5.74) is 3.74. The molecular weight excluding hydrogens is 390 g/mol. The van der Waals surface area contributed by atoms with Crippen LogP contribution in [0.15, 0.2) is 46.8 Å². The molecule has 1 aromatic rings. The van der Waals surface area contributed by atoms with Crippen molar-refractivity contribution >= 4 is 11.8 Å². The van der Waals surface area contributed by atoms with E-state index in [1.165, 1.54) is 0 Å². The number of carbonyl (C=O) groups excluding carboxylic acids is 2. The Kier molecular flexibility index (Phi) is 7.24. The zero-order valence-electron chi connectivity index (χ0n) is 19.5. The molecule has 0 aromatic heterocycles. The Morgan fingerprint density at radius 1 is 1.13 bits per heavy atom. The molecule has 0 saturated carbocycles. The van der Waals surface area contributed by atoms with Crippen molar-refractivity contribution in [2.75, 3.05) is 13.2 Å². The van der Waals surface area contributed by atoms with E-state index in [0.717, 1.165) is 48.4 Å². The molecule has 0 saturated heterocycles. The molecule has 3 rings (SSSR count). The maximum absolute atomic E-state index is 13.3. The molecule has 5 nitrogen and oxygen atoms in total. The first-order chi connectivity index (χ1) is 14.8. The van der Waals surface area contributed by atoms with Crippen molar-refractivity contribution in [3.8, 4) is 5.75 Å². The average molecular weight is 426 g/mol. The van der Waals surface area contributed by atoms with Crippen LogP contribution in [0.3, 0.4) is 0 Å². The van der Waals surface area contributed by atoms with E-state index in [1.54, 1.807) is 0 Å². The number of esters is 1. The smallest absolute Gasteiger partial charge is 0.336 e. The van der Waals surface area contributed by atoms with Crippen molar-refractivity contribution < 1.29 is 19.1 Å². The van der Waals surface area contributed by atoms with Crippen molar-refractivity contribution in [2.24, 2.45) is 5.41 Å². The van der Waals surface area contributed by atoms with Crippen LogP contribution < -0.4 is 10.1 Å². The highest BCUT2D eigenvalue weighted by Crippen LogP contribution is 2.46. The first kappa shape index (κ1) is 23.1. The second-order valence-electron chi connectivity index (χ2n) is 9.27. The summed E-state index contributed by atoms with van der Waals surface area (Å²) in [7, 11) is 0. The molecule has 1 N–H and O–H groups in total. The molecule has 0 bridgehead atoms. The minimum atomic E-state index is -0.422. The lowest BCUT2D eigenvalue weighted by Crippen LogP contribution is -2.38. The maximum Gasteiger partial charge on any atom is 0.336 e. The summed E-state index contributed by atoms with van der Waals surface area (Å²) in [6, 6.07) is 7.71. The van der Waals surface area contributed by atoms with Gasteiger partial charge in [0, 0.05) is 29.3 Å². The number of Topliss-reactive ketones (excluding diaryl/α,β-unsaturated/α-hetero) is 1. The maximum atomic E-state index is 13.3. The Bertz CT molecular complexity index is 892. The summed E-state index contributed by atoms with van der Waals surface area (Å²) >= 11 is 0. The molecule has 2 aliphatic rings. The molecule has 1 atom stereocenters. The highest BCUT2D eigenvalue weighted by atomic mass is 16.5. The zero-order valence-corrected chi connectivity index (χ0v) is 19.5. The summed E-state index contributed by atoms with van der Waals surface area (Å²) in [6.45, 7) is 11.2. The summed E-state index contributed by atoms with van der Waals surface area (Å²) in [4.78, 5) is 26.4. The van der Waals surface area contributed by atoms with Gasteiger partial charge in [0.2, 0.25) is 0 Å². The van der Waals surface area contributed by atoms with Crippen LogP contribution in [-0.4, -0.2) is 25.0 Å². The normalized spacial score (nSPS) is 20.3. The minimum Gasteiger partial charge on any atom is -0.494 e. The van der Waals surface area contributed by atoms with Gasteiger partial charge in [-0.3, -0.25) is 4.79 Å². The fourth-order valence-electron chi connectivity index (χ4n) is 4.56. The highest BCUT2D eigenvalue weighted by Gasteiger charge is 2.43. The van der Waals surface area contributed by atoms with Crippen molar-refractivity contribution in [3.63, 3.8) is 0 Å². The van der Waals surface area contributed by atoms with E-state index in [9.17, 15) is 9.59 Å². The van der Waals surface area contributed by atoms with Gasteiger partial charge in [0.1, 0.15) is 5.75 Å². The molecule has 168 valence electrons. The van der Waals surface area contributed by atoms with Gasteiger partial charge in [-0.05, 0) is 49.8 Å². The quantitative estimate of drug-likeness (QED) is 0.445. The number of ketones is 1. The molecule has 1 aliphatic heterocycles. The van der Waals surface area contributed by atoms with E-state index in [2.05, 4.69) is 26.1 Å². The van der Waals surface area contributed by atoms with Gasteiger partial charge in [-0.15, -0.1) is 0 Å². The van der Waals surface area contributed by atoms with E-state index in [0.29, 0.717) is 30.8 Å². The monoisotopic (exact) mass is 425 g/mol. The van der Waals surface area contributed by atoms with Crippen LogP contribution in [0.2, 0.25) is 0 Å². The Morgan fingerprint density at radius 3 is 2.48 bits per heavy atom. The predicted molar refractivity (Wildman–Crippen MR) is 122 cm³/mol. The van der Waals surface area contributed by atoms with Crippen molar-refractivity contribution in [2.45, 2.75) is 72.6 Å². The van der Waals surface area contributed by atoms with Crippen LogP contribution >= 0.6 is 0 Å². The van der Waals surface area contributed by atoms with Crippen LogP contribution in [0.4, 0.5) is 0 Å². The second-order valence-corrected chi connectivity index (χ2v) is 9.27. The number of hydrogen-bond acceptors (Lipinski definition) is 5. The van der Waals surface area contributed by atoms with E-state index in [4.69, 9.17) is 9.47 Å². The zero-order chi connectivity index (χ0) is 22.6. The summed E-state index contributed by atoms with van der Waals surface area (Å²) in [5.74, 6) is 0.106. The number of dihydropyridines is 1. The lowest BCUT2D eigenvalue weighted by molar-refractivity contribution is -0.139. The van der Waals surface area contributed by atoms with E-state index in [1.807, 2.05) is 38.1 Å². The fourth-order valence-corrected chi connectivity index (χ4v) is 4.56. The number of carbonyl (C=O) groups is 2. The molecule has 0 spiro atoms. The molecule has 31 heavy (non-hydrogen) atoms. The Hall–Kier alpha value is -2.56. The standard InChI is InChI=1S/C26H35NO4/c1-6-8-9-14-31-25(29)22-17(3)27-20-15-26(4,5)16-21(28)24(20)23(22)18-10-12-19(13-11-18)30-7-2/h10-13,23,27H,6-9,14-16H2,1-5H3/t23-/m1/s1. The lowest BCUT2D eigenvalue weighted by Gasteiger charge is -2.39. The molecule has 0 fully saturated rings. The van der Waals surface area contributed by atoms with E-state index >= 15 is 0 Å². The Morgan fingerprint density at radius 2 is 1.84 bits per heavy atom. The van der Waals surface area contributed by atoms with Crippen molar-refractivity contribution in [3.05, 3.63) is 52.4 Å². The van der Waals surface area contributed by atoms with Gasteiger partial charge in [-0.1, -0.05) is 45.7 Å². The summed E-state index contributed by atoms with van der Waals surface area (Å²) in [5, 5.41) is 3.38. The van der Waals surface area contributed by atoms with E-state index in [-0.39, 0.29) is 17.2 Å². The molecule has 5 heteroatoms. The fraction of sp³-hybridized carbons (Fsp3) is 0.538. The summed E-state index contributed by atoms with van der Waals surface area (Å²) < 4.78 is 11.2. The van der Waals surface area contributed by atoms with Gasteiger partial charge in [-0.2, -0.15) is 0 Å². The number of hydrogen-bond donors (Lipinski definition) is 1. The van der Waals surface area contributed by atoms with Gasteiger partial charge in [-0.25, -0.2) is 4.79 Å². The van der Waals surface area contributed by atoms with Gasteiger partial charge in [0.25, 0.3) is 0 Å². The molecule has 0 radical (unpaired) electrons. The molecule has 0 amide bonds. The molecular formula is C26H35NO4. The molecule has 1 heterocycles. The third kappa shape index (κ3) is 5.20. The number of nitrogens with one attached hydrogen (secondary N) is 1. The SMILES string of the molecule is CCCCCOC(=O)C1=C(C)NC2=C(C(=O)CC(C)(C)C2)[C@@H]1c1ccc(OCC)cc1. The van der Waals surface area contributed by atoms with Crippen LogP contribution in [0, 0.1) is 5.41 Å². The van der Waals surface area contributed by atoms with Crippen LogP contribution in [0.25, 0.3) is 0 Å². The number of unbranched alkanes of at least 4 members (excludes halogenated alkanes) is 2. The first-order valence-corrected chi connectivity index (χ1v) is 11.4. The molecule has 0 unspecified atom stereocenters. The average Bonchev–Trinajstić information content (AvgIpc) is 2.70. The third-order valence-corrected chi connectivity index (χ3v) is 5.97. The predicted octanol–water partition coefficient (Wildman–Crippen LogP) is 5.42. The number of ether oxygens (including phenoxy) is 2. The topological polar surface area (TPSA) is 64.6 Å². The third-order valence-electron chi connectivity index (χ3n) is 5.97. The number of rotatable bonds is 8. The van der Waals surface area contributed by atoms with E-state index < -0.39 is 5.92 Å². The van der Waals surface area contributed by atoms with Crippen LogP contribution in [0.1, 0.15) is 78.2 Å². The van der Waals surface area contributed by atoms with Crippen LogP contribution in [0.5, 0.6) is 5.75 Å². The van der Waals surface area contributed by atoms with Crippen molar-refractivity contribution in [1.29, 1.82) is 0 Å². The number of allylic oxidation sites excluding steroid dienone is 3. The summed E-state index contributed by atoms with van der Waals surface area (Å²) in [6.07, 6.45) is 4.18. The Balaban J connectivity index is 2.00. The van der Waals surface area contributed by atoms with Gasteiger partial charge in [0.05, 0.1) is 18.8 Å². The van der Waals surface area contributed by atoms with Gasteiger partial charge >= 0.3 is 5.97 Å². The Labute approximate surface area is 185 Å². The minimum absolute atomic E-state index is 0.0985. The van der Waals surface area contributed by atoms with Gasteiger partial charge in [0.15, 0.2) is 5.78 Å². The second kappa shape index (κ2) is 9.71. The highest BCUT2D eigenvalue weighted by molar-refractivity contribution is 6.04. The molecule has 1 aliphatic carbocycles. The largest absolute Gasteiger partial charge is 0.494 e. The van der Waals surface area contributed by atoms with Crippen LogP contribution in [-0.2, 0) is 14.3 Å². The number of benzene rings is 1. The first-order valence-electron chi connectivity index (χ1n) is 11.4.